The molecular formula is C11H15N3O3. The fraction of sp³-hybridized carbons (Fsp3) is 0.273. The number of nitrogens with one attached hydrogen (secondary N) is 1. The molecule has 0 fully saturated rings. The average molecular weight is 237 g/mol. The fourth-order valence-electron chi connectivity index (χ4n) is 1.22. The van der Waals surface area contributed by atoms with E-state index in [0.29, 0.717) is 5.71 Å². The molecule has 0 aromatic heterocycles. The molecular weight excluding hydrogens is 222 g/mol. The summed E-state index contributed by atoms with van der Waals surface area (Å²) in [5.41, 5.74) is 3.76. The maximum Gasteiger partial charge on any atom is 0.425 e. The van der Waals surface area contributed by atoms with E-state index in [4.69, 9.17) is 5.21 Å². The normalized spacial score (nSPS) is 10.8. The molecule has 1 aromatic carbocycles. The molecule has 6 heteroatoms. The molecule has 0 atom stereocenters. The van der Waals surface area contributed by atoms with Gasteiger partial charge in [0.1, 0.15) is 0 Å². The summed E-state index contributed by atoms with van der Waals surface area (Å²) in [5, 5.41) is 13.2. The number of methoxy groups -OCH3 is 1. The van der Waals surface area contributed by atoms with E-state index in [1.54, 1.807) is 6.92 Å². The van der Waals surface area contributed by atoms with Crippen molar-refractivity contribution in [3.8, 4) is 0 Å². The Labute approximate surface area is 99.5 Å². The number of carbonyl (C=O) groups excluding carboxylic acids is 1. The average Bonchev–Trinajstić information content (AvgIpc) is 2.38. The lowest BCUT2D eigenvalue weighted by molar-refractivity contribution is 0.170. The third-order valence-electron chi connectivity index (χ3n) is 2.04. The summed E-state index contributed by atoms with van der Waals surface area (Å²) in [7, 11) is 1.28. The molecule has 1 aromatic rings. The largest absolute Gasteiger partial charge is 0.452 e. The number of hydrogen-bond donors (Lipinski definition) is 2. The second-order valence-corrected chi connectivity index (χ2v) is 3.36. The summed E-state index contributed by atoms with van der Waals surface area (Å²) in [5.74, 6) is 0. The first-order valence-electron chi connectivity index (χ1n) is 5.02. The standard InChI is InChI=1S/C11H15N3O3/c1-9(13-16)8-14(12-11(15)17-2)10-6-4-3-5-7-10/h3-7,16H,8H2,1-2H3,(H,12,15)/b13-9+. The lowest BCUT2D eigenvalue weighted by Gasteiger charge is -2.23. The summed E-state index contributed by atoms with van der Waals surface area (Å²) in [6.07, 6.45) is -0.584. The highest BCUT2D eigenvalue weighted by atomic mass is 16.5. The van der Waals surface area contributed by atoms with Gasteiger partial charge in [0.15, 0.2) is 0 Å². The summed E-state index contributed by atoms with van der Waals surface area (Å²) in [4.78, 5) is 11.2. The van der Waals surface area contributed by atoms with Crippen molar-refractivity contribution in [2.45, 2.75) is 6.92 Å². The van der Waals surface area contributed by atoms with Gasteiger partial charge in [0.2, 0.25) is 0 Å². The summed E-state index contributed by atoms with van der Waals surface area (Å²) < 4.78 is 4.52. The Bertz CT molecular complexity index is 392. The van der Waals surface area contributed by atoms with Gasteiger partial charge in [0.25, 0.3) is 0 Å². The van der Waals surface area contributed by atoms with E-state index in [0.717, 1.165) is 5.69 Å². The Kier molecular flexibility index (Phi) is 4.80. The molecule has 0 heterocycles. The van der Waals surface area contributed by atoms with E-state index in [1.807, 2.05) is 30.3 Å². The van der Waals surface area contributed by atoms with Crippen molar-refractivity contribution in [2.24, 2.45) is 5.16 Å². The molecule has 0 aliphatic carbocycles. The molecule has 0 radical (unpaired) electrons. The molecule has 1 amide bonds. The minimum absolute atomic E-state index is 0.260. The third-order valence-corrected chi connectivity index (χ3v) is 2.04. The Hall–Kier alpha value is -2.24. The van der Waals surface area contributed by atoms with Crippen LogP contribution in [0.25, 0.3) is 0 Å². The molecule has 0 aliphatic heterocycles. The first-order valence-corrected chi connectivity index (χ1v) is 5.02. The number of amides is 1. The second kappa shape index (κ2) is 6.37. The first kappa shape index (κ1) is 12.8. The highest BCUT2D eigenvalue weighted by Gasteiger charge is 2.11. The van der Waals surface area contributed by atoms with Gasteiger partial charge >= 0.3 is 6.09 Å². The van der Waals surface area contributed by atoms with E-state index < -0.39 is 6.09 Å². The number of hydrogen-bond acceptors (Lipinski definition) is 5. The summed E-state index contributed by atoms with van der Waals surface area (Å²) >= 11 is 0. The van der Waals surface area contributed by atoms with E-state index in [1.165, 1.54) is 12.1 Å². The Morgan fingerprint density at radius 1 is 1.47 bits per heavy atom. The third kappa shape index (κ3) is 4.02. The van der Waals surface area contributed by atoms with Crippen molar-refractivity contribution in [1.82, 2.24) is 5.43 Å². The zero-order valence-electron chi connectivity index (χ0n) is 9.75. The van der Waals surface area contributed by atoms with Crippen LogP contribution >= 0.6 is 0 Å². The number of hydrazine groups is 1. The van der Waals surface area contributed by atoms with Crippen molar-refractivity contribution in [3.63, 3.8) is 0 Å². The van der Waals surface area contributed by atoms with Crippen LogP contribution in [-0.4, -0.2) is 30.7 Å². The molecule has 17 heavy (non-hydrogen) atoms. The molecule has 0 spiro atoms. The highest BCUT2D eigenvalue weighted by molar-refractivity contribution is 5.86. The first-order chi connectivity index (χ1) is 8.17. The predicted octanol–water partition coefficient (Wildman–Crippen LogP) is 1.61. The molecule has 6 nitrogen and oxygen atoms in total. The zero-order valence-corrected chi connectivity index (χ0v) is 9.75. The quantitative estimate of drug-likeness (QED) is 0.474. The van der Waals surface area contributed by atoms with E-state index >= 15 is 0 Å². The lowest BCUT2D eigenvalue weighted by Crippen LogP contribution is -2.44. The van der Waals surface area contributed by atoms with Gasteiger partial charge in [-0.2, -0.15) is 0 Å². The molecule has 0 unspecified atom stereocenters. The summed E-state index contributed by atoms with van der Waals surface area (Å²) in [6, 6.07) is 9.19. The number of benzene rings is 1. The molecule has 0 saturated carbocycles. The Morgan fingerprint density at radius 3 is 2.65 bits per heavy atom. The topological polar surface area (TPSA) is 74.2 Å². The van der Waals surface area contributed by atoms with Crippen molar-refractivity contribution in [1.29, 1.82) is 0 Å². The SMILES string of the molecule is COC(=O)NN(C/C(C)=N/O)c1ccccc1. The minimum Gasteiger partial charge on any atom is -0.452 e. The lowest BCUT2D eigenvalue weighted by atomic mass is 10.3. The van der Waals surface area contributed by atoms with E-state index in [-0.39, 0.29) is 6.54 Å². The summed E-state index contributed by atoms with van der Waals surface area (Å²) in [6.45, 7) is 1.91. The van der Waals surface area contributed by atoms with Crippen LogP contribution in [0.15, 0.2) is 35.5 Å². The van der Waals surface area contributed by atoms with Gasteiger partial charge in [-0.15, -0.1) is 0 Å². The van der Waals surface area contributed by atoms with Crippen LogP contribution in [0.4, 0.5) is 10.5 Å². The molecule has 92 valence electrons. The minimum atomic E-state index is -0.584. The predicted molar refractivity (Wildman–Crippen MR) is 64.2 cm³/mol. The van der Waals surface area contributed by atoms with Gasteiger partial charge in [0.05, 0.1) is 25.1 Å². The zero-order chi connectivity index (χ0) is 12.7. The van der Waals surface area contributed by atoms with Crippen molar-refractivity contribution in [2.75, 3.05) is 18.7 Å². The van der Waals surface area contributed by atoms with Gasteiger partial charge in [-0.25, -0.2) is 10.2 Å². The number of para-hydroxylation sites is 1. The van der Waals surface area contributed by atoms with Gasteiger partial charge < -0.3 is 9.94 Å². The van der Waals surface area contributed by atoms with Crippen LogP contribution in [0.1, 0.15) is 6.92 Å². The second-order valence-electron chi connectivity index (χ2n) is 3.36. The molecule has 1 rings (SSSR count). The van der Waals surface area contributed by atoms with Gasteiger partial charge in [-0.1, -0.05) is 23.4 Å². The van der Waals surface area contributed by atoms with Crippen LogP contribution in [0.5, 0.6) is 0 Å². The molecule has 0 aliphatic rings. The van der Waals surface area contributed by atoms with E-state index in [9.17, 15) is 4.79 Å². The number of oxime groups is 1. The van der Waals surface area contributed by atoms with Crippen LogP contribution in [-0.2, 0) is 4.74 Å². The molecule has 0 bridgehead atoms. The van der Waals surface area contributed by atoms with Crippen LogP contribution in [0, 0.1) is 0 Å². The van der Waals surface area contributed by atoms with Crippen molar-refractivity contribution < 1.29 is 14.7 Å². The van der Waals surface area contributed by atoms with Gasteiger partial charge in [-0.05, 0) is 19.1 Å². The number of nitrogens with zero attached hydrogens (tertiary/aromatic N) is 2. The maximum absolute atomic E-state index is 11.2. The fourth-order valence-corrected chi connectivity index (χ4v) is 1.22. The number of ether oxygens (including phenoxy) is 1. The highest BCUT2D eigenvalue weighted by Crippen LogP contribution is 2.10. The maximum atomic E-state index is 11.2. The van der Waals surface area contributed by atoms with Gasteiger partial charge in [-0.3, -0.25) is 5.01 Å². The van der Waals surface area contributed by atoms with E-state index in [2.05, 4.69) is 15.3 Å². The van der Waals surface area contributed by atoms with Crippen LogP contribution < -0.4 is 10.4 Å². The number of anilines is 1. The van der Waals surface area contributed by atoms with Crippen LogP contribution in [0.3, 0.4) is 0 Å². The van der Waals surface area contributed by atoms with Crippen LogP contribution in [0.2, 0.25) is 0 Å². The Balaban J connectivity index is 2.83. The number of carbonyl (C=O) groups is 1. The number of rotatable bonds is 4. The van der Waals surface area contributed by atoms with Crippen molar-refractivity contribution in [3.05, 3.63) is 30.3 Å². The Morgan fingerprint density at radius 2 is 2.12 bits per heavy atom. The molecule has 2 N–H and O–H groups in total. The van der Waals surface area contributed by atoms with Gasteiger partial charge in [0, 0.05) is 0 Å². The smallest absolute Gasteiger partial charge is 0.425 e. The monoisotopic (exact) mass is 237 g/mol. The van der Waals surface area contributed by atoms with Crippen molar-refractivity contribution >= 4 is 17.5 Å². The molecule has 0 saturated heterocycles.